The number of hydrogen-bond acceptors (Lipinski definition) is 4. The summed E-state index contributed by atoms with van der Waals surface area (Å²) in [6, 6.07) is 8.69. The first-order valence-electron chi connectivity index (χ1n) is 7.98. The molecule has 0 amide bonds. The molecule has 1 aromatic carbocycles. The molecule has 1 aromatic heterocycles. The topological polar surface area (TPSA) is 29.0 Å². The van der Waals surface area contributed by atoms with Gasteiger partial charge in [-0.3, -0.25) is 4.90 Å². The summed E-state index contributed by atoms with van der Waals surface area (Å²) in [6.07, 6.45) is 7.32. The number of thioether (sulfide) groups is 1. The van der Waals surface area contributed by atoms with Gasteiger partial charge in [0.2, 0.25) is 0 Å². The van der Waals surface area contributed by atoms with E-state index < -0.39 is 0 Å². The van der Waals surface area contributed by atoms with Crippen LogP contribution in [0.4, 0.5) is 0 Å². The van der Waals surface area contributed by atoms with Gasteiger partial charge in [0.25, 0.3) is 0 Å². The lowest BCUT2D eigenvalue weighted by Crippen LogP contribution is -2.31. The molecule has 0 saturated heterocycles. The molecule has 0 N–H and O–H groups in total. The highest BCUT2D eigenvalue weighted by Gasteiger charge is 2.19. The average Bonchev–Trinajstić information content (AvgIpc) is 2.56. The van der Waals surface area contributed by atoms with Crippen molar-refractivity contribution in [1.82, 2.24) is 14.9 Å². The number of hydrogen-bond donors (Lipinski definition) is 0. The maximum Gasteiger partial charge on any atom is 0.128 e. The van der Waals surface area contributed by atoms with Crippen LogP contribution in [0.3, 0.4) is 0 Å². The molecule has 1 aliphatic heterocycles. The first kappa shape index (κ1) is 15.5. The van der Waals surface area contributed by atoms with Gasteiger partial charge in [0.15, 0.2) is 0 Å². The van der Waals surface area contributed by atoms with Gasteiger partial charge in [-0.1, -0.05) is 25.1 Å². The molecule has 3 nitrogen and oxygen atoms in total. The summed E-state index contributed by atoms with van der Waals surface area (Å²) in [5.41, 5.74) is 3.97. The third-order valence-electron chi connectivity index (χ3n) is 4.12. The summed E-state index contributed by atoms with van der Waals surface area (Å²) < 4.78 is 0. The summed E-state index contributed by atoms with van der Waals surface area (Å²) >= 11 is 1.83. The van der Waals surface area contributed by atoms with Crippen LogP contribution in [0, 0.1) is 0 Å². The van der Waals surface area contributed by atoms with E-state index in [1.807, 2.05) is 18.0 Å². The van der Waals surface area contributed by atoms with E-state index in [0.29, 0.717) is 0 Å². The predicted octanol–water partition coefficient (Wildman–Crippen LogP) is 3.71. The quantitative estimate of drug-likeness (QED) is 0.787. The Morgan fingerprint density at radius 3 is 2.95 bits per heavy atom. The van der Waals surface area contributed by atoms with Crippen LogP contribution in [-0.4, -0.2) is 27.7 Å². The average molecular weight is 313 g/mol. The standard InChI is InChI=1S/C18H23N3S/c1-3-6-18-19-11-15-13-21(10-9-16(15)20-18)12-14-7-4-5-8-17(14)22-2/h4-5,7-8,11H,3,6,9-10,12-13H2,1-2H3. The molecule has 0 bridgehead atoms. The molecule has 0 fully saturated rings. The second-order valence-corrected chi connectivity index (χ2v) is 6.63. The Balaban J connectivity index is 1.72. The third kappa shape index (κ3) is 3.50. The van der Waals surface area contributed by atoms with Gasteiger partial charge in [-0.15, -0.1) is 11.8 Å². The Labute approximate surface area is 137 Å². The van der Waals surface area contributed by atoms with Crippen LogP contribution in [0.5, 0.6) is 0 Å². The van der Waals surface area contributed by atoms with E-state index in [2.05, 4.69) is 47.3 Å². The van der Waals surface area contributed by atoms with E-state index in [-0.39, 0.29) is 0 Å². The Kier molecular flexibility index (Phi) is 5.11. The molecule has 1 aliphatic rings. The Morgan fingerprint density at radius 1 is 1.27 bits per heavy atom. The fourth-order valence-electron chi connectivity index (χ4n) is 2.97. The van der Waals surface area contributed by atoms with Crippen molar-refractivity contribution < 1.29 is 0 Å². The Hall–Kier alpha value is -1.39. The van der Waals surface area contributed by atoms with E-state index in [9.17, 15) is 0 Å². The van der Waals surface area contributed by atoms with Crippen LogP contribution in [0.15, 0.2) is 35.4 Å². The normalized spacial score (nSPS) is 14.8. The molecule has 116 valence electrons. The summed E-state index contributed by atoms with van der Waals surface area (Å²) in [5, 5.41) is 0. The third-order valence-corrected chi connectivity index (χ3v) is 4.96. The van der Waals surface area contributed by atoms with Crippen molar-refractivity contribution in [3.63, 3.8) is 0 Å². The molecule has 2 heterocycles. The van der Waals surface area contributed by atoms with Crippen LogP contribution >= 0.6 is 11.8 Å². The lowest BCUT2D eigenvalue weighted by molar-refractivity contribution is 0.241. The number of aromatic nitrogens is 2. The maximum absolute atomic E-state index is 4.74. The zero-order valence-corrected chi connectivity index (χ0v) is 14.2. The fourth-order valence-corrected chi connectivity index (χ4v) is 3.58. The van der Waals surface area contributed by atoms with Gasteiger partial charge in [0, 0.05) is 54.8 Å². The number of fused-ring (bicyclic) bond motifs is 1. The van der Waals surface area contributed by atoms with Crippen LogP contribution in [0.25, 0.3) is 0 Å². The molecular formula is C18H23N3S. The fraction of sp³-hybridized carbons (Fsp3) is 0.444. The van der Waals surface area contributed by atoms with Crippen molar-refractivity contribution in [2.24, 2.45) is 0 Å². The van der Waals surface area contributed by atoms with Gasteiger partial charge >= 0.3 is 0 Å². The molecule has 0 radical (unpaired) electrons. The van der Waals surface area contributed by atoms with E-state index in [1.165, 1.54) is 21.7 Å². The number of aryl methyl sites for hydroxylation is 1. The van der Waals surface area contributed by atoms with Crippen LogP contribution < -0.4 is 0 Å². The molecule has 3 rings (SSSR count). The van der Waals surface area contributed by atoms with Crippen molar-refractivity contribution in [3.05, 3.63) is 53.1 Å². The number of nitrogens with zero attached hydrogens (tertiary/aromatic N) is 3. The van der Waals surface area contributed by atoms with Gasteiger partial charge in [-0.05, 0) is 24.3 Å². The van der Waals surface area contributed by atoms with E-state index in [4.69, 9.17) is 4.98 Å². The monoisotopic (exact) mass is 313 g/mol. The Bertz CT molecular complexity index is 642. The Morgan fingerprint density at radius 2 is 2.14 bits per heavy atom. The smallest absolute Gasteiger partial charge is 0.128 e. The SMILES string of the molecule is CCCc1ncc2c(n1)CCN(Cc1ccccc1SC)C2. The minimum Gasteiger partial charge on any atom is -0.294 e. The summed E-state index contributed by atoms with van der Waals surface area (Å²) in [7, 11) is 0. The molecule has 0 saturated carbocycles. The highest BCUT2D eigenvalue weighted by molar-refractivity contribution is 7.98. The van der Waals surface area contributed by atoms with Crippen molar-refractivity contribution >= 4 is 11.8 Å². The highest BCUT2D eigenvalue weighted by Crippen LogP contribution is 2.24. The van der Waals surface area contributed by atoms with Gasteiger partial charge in [0.05, 0.1) is 0 Å². The van der Waals surface area contributed by atoms with Gasteiger partial charge in [-0.25, -0.2) is 9.97 Å². The van der Waals surface area contributed by atoms with E-state index in [0.717, 1.165) is 44.7 Å². The molecule has 22 heavy (non-hydrogen) atoms. The number of rotatable bonds is 5. The van der Waals surface area contributed by atoms with Crippen LogP contribution in [-0.2, 0) is 25.9 Å². The van der Waals surface area contributed by atoms with Gasteiger partial charge < -0.3 is 0 Å². The zero-order chi connectivity index (χ0) is 15.4. The van der Waals surface area contributed by atoms with Crippen LogP contribution in [0.2, 0.25) is 0 Å². The molecule has 0 unspecified atom stereocenters. The second kappa shape index (κ2) is 7.25. The van der Waals surface area contributed by atoms with E-state index in [1.54, 1.807) is 0 Å². The first-order valence-corrected chi connectivity index (χ1v) is 9.20. The summed E-state index contributed by atoms with van der Waals surface area (Å²) in [5.74, 6) is 1.00. The highest BCUT2D eigenvalue weighted by atomic mass is 32.2. The number of benzene rings is 1. The van der Waals surface area contributed by atoms with Crippen molar-refractivity contribution in [2.75, 3.05) is 12.8 Å². The van der Waals surface area contributed by atoms with Gasteiger partial charge in [-0.2, -0.15) is 0 Å². The van der Waals surface area contributed by atoms with Crippen LogP contribution in [0.1, 0.15) is 36.0 Å². The van der Waals surface area contributed by atoms with Gasteiger partial charge in [0.1, 0.15) is 5.82 Å². The first-order chi connectivity index (χ1) is 10.8. The second-order valence-electron chi connectivity index (χ2n) is 5.78. The summed E-state index contributed by atoms with van der Waals surface area (Å²) in [4.78, 5) is 13.1. The lowest BCUT2D eigenvalue weighted by Gasteiger charge is -2.28. The minimum atomic E-state index is 0.963. The van der Waals surface area contributed by atoms with E-state index >= 15 is 0 Å². The van der Waals surface area contributed by atoms with Crippen molar-refractivity contribution in [2.45, 2.75) is 44.2 Å². The zero-order valence-electron chi connectivity index (χ0n) is 13.4. The lowest BCUT2D eigenvalue weighted by atomic mass is 10.1. The van der Waals surface area contributed by atoms with Crippen molar-refractivity contribution in [3.8, 4) is 0 Å². The van der Waals surface area contributed by atoms with Crippen molar-refractivity contribution in [1.29, 1.82) is 0 Å². The molecular weight excluding hydrogens is 290 g/mol. The molecule has 0 spiro atoms. The largest absolute Gasteiger partial charge is 0.294 e. The predicted molar refractivity (Wildman–Crippen MR) is 92.1 cm³/mol. The molecule has 0 aliphatic carbocycles. The summed E-state index contributed by atoms with van der Waals surface area (Å²) in [6.45, 7) is 5.23. The molecule has 0 atom stereocenters. The molecule has 2 aromatic rings. The maximum atomic E-state index is 4.74. The minimum absolute atomic E-state index is 0.963. The molecule has 4 heteroatoms.